The molecule has 0 saturated heterocycles. The van der Waals surface area contributed by atoms with Gasteiger partial charge in [-0.15, -0.1) is 11.3 Å². The van der Waals surface area contributed by atoms with Crippen molar-refractivity contribution < 1.29 is 0 Å². The van der Waals surface area contributed by atoms with Crippen LogP contribution in [0.1, 0.15) is 50.8 Å². The van der Waals surface area contributed by atoms with Gasteiger partial charge in [0.1, 0.15) is 0 Å². The van der Waals surface area contributed by atoms with Crippen LogP contribution in [0.2, 0.25) is 0 Å². The number of thiophene rings is 1. The summed E-state index contributed by atoms with van der Waals surface area (Å²) in [6.07, 6.45) is 7.73. The first-order valence-corrected chi connectivity index (χ1v) is 8.94. The minimum atomic E-state index is 0.232. The average molecular weight is 295 g/mol. The van der Waals surface area contributed by atoms with Crippen LogP contribution in [0.15, 0.2) is 17.5 Å². The van der Waals surface area contributed by atoms with Gasteiger partial charge in [-0.1, -0.05) is 32.3 Å². The van der Waals surface area contributed by atoms with Crippen LogP contribution in [0.5, 0.6) is 0 Å². The summed E-state index contributed by atoms with van der Waals surface area (Å²) in [7, 11) is 2.29. The zero-order chi connectivity index (χ0) is 14.6. The van der Waals surface area contributed by atoms with Gasteiger partial charge in [-0.2, -0.15) is 0 Å². The van der Waals surface area contributed by atoms with Gasteiger partial charge >= 0.3 is 0 Å². The van der Waals surface area contributed by atoms with Crippen molar-refractivity contribution in [3.05, 3.63) is 22.4 Å². The second-order valence-electron chi connectivity index (χ2n) is 6.54. The van der Waals surface area contributed by atoms with E-state index in [0.717, 1.165) is 18.9 Å². The Morgan fingerprint density at radius 3 is 2.95 bits per heavy atom. The van der Waals surface area contributed by atoms with Gasteiger partial charge < -0.3 is 5.73 Å². The Hall–Kier alpha value is -0.380. The van der Waals surface area contributed by atoms with Gasteiger partial charge in [0, 0.05) is 23.0 Å². The fourth-order valence-electron chi connectivity index (χ4n) is 3.78. The molecule has 1 heterocycles. The highest BCUT2D eigenvalue weighted by Crippen LogP contribution is 2.38. The molecule has 1 saturated carbocycles. The van der Waals surface area contributed by atoms with Gasteiger partial charge in [0.05, 0.1) is 0 Å². The molecule has 0 spiro atoms. The monoisotopic (exact) mass is 294 g/mol. The van der Waals surface area contributed by atoms with E-state index < -0.39 is 0 Å². The van der Waals surface area contributed by atoms with Gasteiger partial charge in [0.25, 0.3) is 0 Å². The molecule has 20 heavy (non-hydrogen) atoms. The van der Waals surface area contributed by atoms with E-state index in [4.69, 9.17) is 5.73 Å². The van der Waals surface area contributed by atoms with Gasteiger partial charge in [0.15, 0.2) is 0 Å². The maximum Gasteiger partial charge on any atom is 0.0334 e. The van der Waals surface area contributed by atoms with E-state index in [1.54, 1.807) is 0 Å². The molecule has 0 radical (unpaired) electrons. The molecule has 3 atom stereocenters. The number of hydrogen-bond acceptors (Lipinski definition) is 3. The molecule has 2 rings (SSSR count). The predicted octanol–water partition coefficient (Wildman–Crippen LogP) is 3.91. The van der Waals surface area contributed by atoms with Crippen molar-refractivity contribution in [1.29, 1.82) is 0 Å². The van der Waals surface area contributed by atoms with Crippen LogP contribution in [-0.4, -0.2) is 30.1 Å². The van der Waals surface area contributed by atoms with E-state index in [1.807, 2.05) is 11.3 Å². The standard InChI is InChI=1S/C17H30N2S/c1-4-15-7-5-9-17(12-15,13-18)19(3)14(2)11-16-8-6-10-20-16/h6,8,10,14-15H,4-5,7,9,11-13,18H2,1-3H3. The smallest absolute Gasteiger partial charge is 0.0334 e. The van der Waals surface area contributed by atoms with Crippen LogP contribution in [0.25, 0.3) is 0 Å². The van der Waals surface area contributed by atoms with Crippen molar-refractivity contribution in [3.8, 4) is 0 Å². The molecule has 0 aromatic carbocycles. The highest BCUT2D eigenvalue weighted by Gasteiger charge is 2.39. The van der Waals surface area contributed by atoms with Crippen LogP contribution in [0.4, 0.5) is 0 Å². The van der Waals surface area contributed by atoms with Crippen LogP contribution in [0.3, 0.4) is 0 Å². The summed E-state index contributed by atoms with van der Waals surface area (Å²) in [4.78, 5) is 4.08. The molecular weight excluding hydrogens is 264 g/mol. The Morgan fingerprint density at radius 2 is 2.35 bits per heavy atom. The maximum absolute atomic E-state index is 6.23. The molecule has 0 amide bonds. The molecule has 0 bridgehead atoms. The Morgan fingerprint density at radius 1 is 1.55 bits per heavy atom. The molecule has 3 unspecified atom stereocenters. The Bertz CT molecular complexity index is 390. The van der Waals surface area contributed by atoms with Crippen LogP contribution < -0.4 is 5.73 Å². The first kappa shape index (κ1) is 16.0. The predicted molar refractivity (Wildman–Crippen MR) is 89.3 cm³/mol. The van der Waals surface area contributed by atoms with E-state index in [-0.39, 0.29) is 5.54 Å². The van der Waals surface area contributed by atoms with Crippen molar-refractivity contribution in [3.63, 3.8) is 0 Å². The Balaban J connectivity index is 2.05. The summed E-state index contributed by atoms with van der Waals surface area (Å²) in [5.41, 5.74) is 6.46. The van der Waals surface area contributed by atoms with E-state index in [0.29, 0.717) is 6.04 Å². The molecule has 0 aliphatic heterocycles. The van der Waals surface area contributed by atoms with Gasteiger partial charge in [-0.25, -0.2) is 0 Å². The molecule has 1 aliphatic rings. The normalized spacial score (nSPS) is 28.8. The lowest BCUT2D eigenvalue weighted by molar-refractivity contribution is 0.0287. The topological polar surface area (TPSA) is 29.3 Å². The summed E-state index contributed by atoms with van der Waals surface area (Å²) in [5.74, 6) is 0.865. The lowest BCUT2D eigenvalue weighted by Gasteiger charge is -2.49. The number of nitrogens with zero attached hydrogens (tertiary/aromatic N) is 1. The first-order chi connectivity index (χ1) is 9.61. The second-order valence-corrected chi connectivity index (χ2v) is 7.57. The minimum absolute atomic E-state index is 0.232. The van der Waals surface area contributed by atoms with E-state index in [9.17, 15) is 0 Å². The van der Waals surface area contributed by atoms with Crippen LogP contribution in [-0.2, 0) is 6.42 Å². The molecule has 1 aliphatic carbocycles. The summed E-state index contributed by atoms with van der Waals surface area (Å²) in [5, 5.41) is 2.18. The molecule has 1 aromatic heterocycles. The SMILES string of the molecule is CCC1CCCC(CN)(N(C)C(C)Cc2cccs2)C1. The summed E-state index contributed by atoms with van der Waals surface area (Å²) in [6.45, 7) is 5.48. The quantitative estimate of drug-likeness (QED) is 0.862. The number of likely N-dealkylation sites (N-methyl/N-ethyl adjacent to an activating group) is 1. The van der Waals surface area contributed by atoms with E-state index >= 15 is 0 Å². The molecule has 2 N–H and O–H groups in total. The zero-order valence-corrected chi connectivity index (χ0v) is 14.1. The summed E-state index contributed by atoms with van der Waals surface area (Å²) in [6, 6.07) is 4.96. The highest BCUT2D eigenvalue weighted by atomic mass is 32.1. The Labute approximate surface area is 128 Å². The highest BCUT2D eigenvalue weighted by molar-refractivity contribution is 7.09. The molecule has 1 fully saturated rings. The molecule has 3 heteroatoms. The van der Waals surface area contributed by atoms with Crippen molar-refractivity contribution >= 4 is 11.3 Å². The maximum atomic E-state index is 6.23. The largest absolute Gasteiger partial charge is 0.329 e. The van der Waals surface area contributed by atoms with Crippen LogP contribution in [0, 0.1) is 5.92 Å². The molecule has 114 valence electrons. The first-order valence-electron chi connectivity index (χ1n) is 8.06. The number of hydrogen-bond donors (Lipinski definition) is 1. The Kier molecular flexibility index (Phi) is 5.65. The molecule has 1 aromatic rings. The van der Waals surface area contributed by atoms with Gasteiger partial charge in [-0.3, -0.25) is 4.90 Å². The van der Waals surface area contributed by atoms with Crippen molar-refractivity contribution in [1.82, 2.24) is 4.90 Å². The second kappa shape index (κ2) is 7.06. The van der Waals surface area contributed by atoms with Crippen molar-refractivity contribution in [2.24, 2.45) is 11.7 Å². The van der Waals surface area contributed by atoms with E-state index in [2.05, 4.69) is 43.3 Å². The third kappa shape index (κ3) is 3.44. The summed E-state index contributed by atoms with van der Waals surface area (Å²) < 4.78 is 0. The number of nitrogens with two attached hydrogens (primary N) is 1. The summed E-state index contributed by atoms with van der Waals surface area (Å²) >= 11 is 1.87. The molecule has 2 nitrogen and oxygen atoms in total. The zero-order valence-electron chi connectivity index (χ0n) is 13.3. The third-order valence-corrected chi connectivity index (χ3v) is 6.27. The average Bonchev–Trinajstić information content (AvgIpc) is 2.99. The fourth-order valence-corrected chi connectivity index (χ4v) is 4.61. The van der Waals surface area contributed by atoms with Crippen molar-refractivity contribution in [2.75, 3.05) is 13.6 Å². The third-order valence-electron chi connectivity index (χ3n) is 5.37. The fraction of sp³-hybridized carbons (Fsp3) is 0.765. The minimum Gasteiger partial charge on any atom is -0.329 e. The number of rotatable bonds is 6. The lowest BCUT2D eigenvalue weighted by Crippen LogP contribution is -2.57. The lowest BCUT2D eigenvalue weighted by atomic mass is 9.73. The van der Waals surface area contributed by atoms with Gasteiger partial charge in [-0.05, 0) is 50.6 Å². The van der Waals surface area contributed by atoms with Crippen molar-refractivity contribution in [2.45, 2.75) is 64.0 Å². The van der Waals surface area contributed by atoms with E-state index in [1.165, 1.54) is 37.0 Å². The van der Waals surface area contributed by atoms with Gasteiger partial charge in [0.2, 0.25) is 0 Å². The molecular formula is C17H30N2S. The van der Waals surface area contributed by atoms with Crippen LogP contribution >= 0.6 is 11.3 Å².